The van der Waals surface area contributed by atoms with Crippen molar-refractivity contribution in [3.8, 4) is 0 Å². The van der Waals surface area contributed by atoms with Crippen molar-refractivity contribution in [3.63, 3.8) is 0 Å². The summed E-state index contributed by atoms with van der Waals surface area (Å²) < 4.78 is 0. The van der Waals surface area contributed by atoms with E-state index in [1.807, 2.05) is 6.07 Å². The van der Waals surface area contributed by atoms with Crippen molar-refractivity contribution in [1.82, 2.24) is 4.90 Å². The van der Waals surface area contributed by atoms with Crippen LogP contribution in [0.4, 0.5) is 0 Å². The van der Waals surface area contributed by atoms with Crippen LogP contribution in [0.15, 0.2) is 35.5 Å². The lowest BCUT2D eigenvalue weighted by Crippen LogP contribution is -2.31. The molecule has 3 rings (SSSR count). The molecule has 0 bridgehead atoms. The van der Waals surface area contributed by atoms with Crippen molar-refractivity contribution >= 4 is 5.84 Å². The minimum absolute atomic E-state index is 0.234. The molecule has 1 aliphatic heterocycles. The molecule has 20 heavy (non-hydrogen) atoms. The number of hydrogen-bond donors (Lipinski definition) is 2. The molecule has 108 valence electrons. The highest BCUT2D eigenvalue weighted by atomic mass is 16.4. The van der Waals surface area contributed by atoms with E-state index in [1.165, 1.54) is 24.8 Å². The second kappa shape index (κ2) is 5.83. The number of rotatable bonds is 4. The van der Waals surface area contributed by atoms with Gasteiger partial charge >= 0.3 is 0 Å². The van der Waals surface area contributed by atoms with Gasteiger partial charge in [-0.3, -0.25) is 4.90 Å². The van der Waals surface area contributed by atoms with E-state index in [0.717, 1.165) is 24.9 Å². The zero-order chi connectivity index (χ0) is 13.9. The predicted octanol–water partition coefficient (Wildman–Crippen LogP) is 2.60. The molecule has 3 unspecified atom stereocenters. The first-order valence-corrected chi connectivity index (χ1v) is 7.53. The van der Waals surface area contributed by atoms with E-state index in [4.69, 9.17) is 10.9 Å². The highest BCUT2D eigenvalue weighted by Gasteiger charge is 2.39. The number of nitrogens with two attached hydrogens (primary N) is 1. The lowest BCUT2D eigenvalue weighted by Gasteiger charge is -2.28. The summed E-state index contributed by atoms with van der Waals surface area (Å²) in [7, 11) is 0. The van der Waals surface area contributed by atoms with Crippen molar-refractivity contribution in [3.05, 3.63) is 35.9 Å². The molecule has 2 aliphatic rings. The zero-order valence-electron chi connectivity index (χ0n) is 11.8. The summed E-state index contributed by atoms with van der Waals surface area (Å²) in [5.74, 6) is 2.03. The van der Waals surface area contributed by atoms with Crippen molar-refractivity contribution in [2.24, 2.45) is 22.7 Å². The largest absolute Gasteiger partial charge is 0.409 e. The summed E-state index contributed by atoms with van der Waals surface area (Å²) in [5.41, 5.74) is 7.03. The number of fused-ring (bicyclic) bond motifs is 1. The second-order valence-electron chi connectivity index (χ2n) is 6.13. The van der Waals surface area contributed by atoms with Crippen LogP contribution < -0.4 is 5.73 Å². The molecule has 2 fully saturated rings. The molecule has 3 atom stereocenters. The summed E-state index contributed by atoms with van der Waals surface area (Å²) in [4.78, 5) is 2.53. The summed E-state index contributed by atoms with van der Waals surface area (Å²) in [5, 5.41) is 12.0. The number of nitrogens with zero attached hydrogens (tertiary/aromatic N) is 2. The first-order valence-electron chi connectivity index (χ1n) is 7.53. The molecule has 0 spiro atoms. The Kier molecular flexibility index (Phi) is 3.92. The van der Waals surface area contributed by atoms with E-state index in [2.05, 4.69) is 34.3 Å². The van der Waals surface area contributed by atoms with E-state index in [9.17, 15) is 0 Å². The predicted molar refractivity (Wildman–Crippen MR) is 79.6 cm³/mol. The Labute approximate surface area is 120 Å². The fraction of sp³-hybridized carbons (Fsp3) is 0.562. The minimum atomic E-state index is 0.234. The van der Waals surface area contributed by atoms with Crippen molar-refractivity contribution in [2.45, 2.75) is 31.7 Å². The average Bonchev–Trinajstić information content (AvgIpc) is 3.06. The van der Waals surface area contributed by atoms with Crippen LogP contribution >= 0.6 is 0 Å². The lowest BCUT2D eigenvalue weighted by molar-refractivity contribution is 0.229. The SMILES string of the molecule is N/C(CC(c1ccccc1)N1CC2CCCC2C1)=N/O. The normalized spacial score (nSPS) is 28.5. The van der Waals surface area contributed by atoms with Crippen LogP contribution in [0.2, 0.25) is 0 Å². The van der Waals surface area contributed by atoms with E-state index in [-0.39, 0.29) is 6.04 Å². The summed E-state index contributed by atoms with van der Waals surface area (Å²) in [6, 6.07) is 10.7. The maximum Gasteiger partial charge on any atom is 0.141 e. The zero-order valence-corrected chi connectivity index (χ0v) is 11.8. The number of oxime groups is 1. The van der Waals surface area contributed by atoms with Gasteiger partial charge in [-0.15, -0.1) is 0 Å². The van der Waals surface area contributed by atoms with Gasteiger partial charge in [0.2, 0.25) is 0 Å². The summed E-state index contributed by atoms with van der Waals surface area (Å²) in [6.07, 6.45) is 4.72. The van der Waals surface area contributed by atoms with Crippen molar-refractivity contribution in [1.29, 1.82) is 0 Å². The van der Waals surface area contributed by atoms with Crippen molar-refractivity contribution in [2.75, 3.05) is 13.1 Å². The molecule has 0 radical (unpaired) electrons. The Balaban J connectivity index is 1.79. The molecule has 0 amide bonds. The number of likely N-dealkylation sites (tertiary alicyclic amines) is 1. The standard InChI is InChI=1S/C16H23N3O/c17-16(18-20)9-15(12-5-2-1-3-6-12)19-10-13-7-4-8-14(13)11-19/h1-3,5-6,13-15,20H,4,7-11H2,(H2,17,18). The molecular formula is C16H23N3O. The van der Waals surface area contributed by atoms with Gasteiger partial charge in [0.1, 0.15) is 5.84 Å². The van der Waals surface area contributed by atoms with Gasteiger partial charge in [-0.1, -0.05) is 41.9 Å². The third-order valence-electron chi connectivity index (χ3n) is 4.91. The Bertz CT molecular complexity index is 462. The molecule has 3 N–H and O–H groups in total. The number of amidine groups is 1. The van der Waals surface area contributed by atoms with Gasteiger partial charge in [-0.2, -0.15) is 0 Å². The van der Waals surface area contributed by atoms with Crippen LogP contribution in [-0.2, 0) is 0 Å². The highest BCUT2D eigenvalue weighted by molar-refractivity contribution is 5.80. The third kappa shape index (κ3) is 2.66. The lowest BCUT2D eigenvalue weighted by atomic mass is 10.0. The number of benzene rings is 1. The molecule has 1 aliphatic carbocycles. The maximum absolute atomic E-state index is 8.88. The van der Waals surface area contributed by atoms with E-state index in [1.54, 1.807) is 0 Å². The Hall–Kier alpha value is -1.55. The first kappa shape index (κ1) is 13.4. The van der Waals surface area contributed by atoms with Gasteiger partial charge in [-0.05, 0) is 30.2 Å². The van der Waals surface area contributed by atoms with Gasteiger partial charge in [-0.25, -0.2) is 0 Å². The molecule has 1 heterocycles. The van der Waals surface area contributed by atoms with Gasteiger partial charge in [0.25, 0.3) is 0 Å². The molecule has 1 saturated carbocycles. The van der Waals surface area contributed by atoms with Crippen LogP contribution in [0.3, 0.4) is 0 Å². The summed E-state index contributed by atoms with van der Waals surface area (Å²) in [6.45, 7) is 2.31. The molecule has 1 aromatic carbocycles. The molecule has 0 aromatic heterocycles. The smallest absolute Gasteiger partial charge is 0.141 e. The average molecular weight is 273 g/mol. The monoisotopic (exact) mass is 273 g/mol. The van der Waals surface area contributed by atoms with Gasteiger partial charge in [0, 0.05) is 25.6 Å². The van der Waals surface area contributed by atoms with Gasteiger partial charge < -0.3 is 10.9 Å². The van der Waals surface area contributed by atoms with E-state index in [0.29, 0.717) is 12.3 Å². The summed E-state index contributed by atoms with van der Waals surface area (Å²) >= 11 is 0. The second-order valence-corrected chi connectivity index (χ2v) is 6.13. The quantitative estimate of drug-likeness (QED) is 0.383. The number of hydrogen-bond acceptors (Lipinski definition) is 3. The van der Waals surface area contributed by atoms with Crippen LogP contribution in [0.1, 0.15) is 37.3 Å². The molecular weight excluding hydrogens is 250 g/mol. The van der Waals surface area contributed by atoms with Crippen LogP contribution in [0, 0.1) is 11.8 Å². The van der Waals surface area contributed by atoms with Gasteiger partial charge in [0.05, 0.1) is 0 Å². The van der Waals surface area contributed by atoms with E-state index < -0.39 is 0 Å². The topological polar surface area (TPSA) is 61.8 Å². The Morgan fingerprint density at radius 1 is 1.25 bits per heavy atom. The molecule has 4 heteroatoms. The fourth-order valence-corrected chi connectivity index (χ4v) is 3.90. The van der Waals surface area contributed by atoms with Crippen LogP contribution in [0.25, 0.3) is 0 Å². The Morgan fingerprint density at radius 3 is 2.50 bits per heavy atom. The van der Waals surface area contributed by atoms with Crippen LogP contribution in [0.5, 0.6) is 0 Å². The minimum Gasteiger partial charge on any atom is -0.409 e. The highest BCUT2D eigenvalue weighted by Crippen LogP contribution is 2.41. The first-order chi connectivity index (χ1) is 9.78. The Morgan fingerprint density at radius 2 is 1.90 bits per heavy atom. The maximum atomic E-state index is 8.88. The van der Waals surface area contributed by atoms with E-state index >= 15 is 0 Å². The fourth-order valence-electron chi connectivity index (χ4n) is 3.90. The van der Waals surface area contributed by atoms with Gasteiger partial charge in [0.15, 0.2) is 0 Å². The molecule has 1 aromatic rings. The van der Waals surface area contributed by atoms with Crippen LogP contribution in [-0.4, -0.2) is 29.0 Å². The molecule has 1 saturated heterocycles. The van der Waals surface area contributed by atoms with Crippen molar-refractivity contribution < 1.29 is 5.21 Å². The third-order valence-corrected chi connectivity index (χ3v) is 4.91. The molecule has 4 nitrogen and oxygen atoms in total.